The fourth-order valence-corrected chi connectivity index (χ4v) is 1.20. The van der Waals surface area contributed by atoms with E-state index in [4.69, 9.17) is 10.5 Å². The Kier molecular flexibility index (Phi) is 6.06. The first-order valence-corrected chi connectivity index (χ1v) is 4.63. The summed E-state index contributed by atoms with van der Waals surface area (Å²) < 4.78 is 5.47. The summed E-state index contributed by atoms with van der Waals surface area (Å²) in [5, 5.41) is 0. The van der Waals surface area contributed by atoms with Gasteiger partial charge in [0.2, 0.25) is 0 Å². The summed E-state index contributed by atoms with van der Waals surface area (Å²) in [6.45, 7) is 3.55. The molecule has 0 radical (unpaired) electrons. The van der Waals surface area contributed by atoms with Gasteiger partial charge in [0.05, 0.1) is 5.56 Å². The Hall–Kier alpha value is -1.66. The predicted molar refractivity (Wildman–Crippen MR) is 65.7 cm³/mol. The third kappa shape index (κ3) is 3.84. The van der Waals surface area contributed by atoms with Crippen molar-refractivity contribution in [2.45, 2.75) is 20.0 Å². The van der Waals surface area contributed by atoms with E-state index in [2.05, 4.69) is 11.8 Å². The molecule has 0 spiro atoms. The van der Waals surface area contributed by atoms with Crippen LogP contribution in [0.25, 0.3) is 0 Å². The highest BCUT2D eigenvalue weighted by atomic mass is 35.5. The molecule has 0 saturated heterocycles. The minimum atomic E-state index is -0.498. The summed E-state index contributed by atoms with van der Waals surface area (Å²) in [5.41, 5.74) is 5.59. The van der Waals surface area contributed by atoms with Gasteiger partial charge < -0.3 is 10.5 Å². The zero-order valence-corrected chi connectivity index (χ0v) is 10.0. The second-order valence-electron chi connectivity index (χ2n) is 3.01. The average Bonchev–Trinajstić information content (AvgIpc) is 2.18. The summed E-state index contributed by atoms with van der Waals surface area (Å²) in [6.07, 6.45) is -0.254. The Balaban J connectivity index is 0.00000225. The third-order valence-electron chi connectivity index (χ3n) is 1.80. The molecule has 1 aromatic carbocycles. The second kappa shape index (κ2) is 6.76. The van der Waals surface area contributed by atoms with Crippen LogP contribution in [-0.2, 0) is 0 Å². The lowest BCUT2D eigenvalue weighted by molar-refractivity contribution is 0.0995. The molecule has 0 bridgehead atoms. The number of carbonyl (C=O) groups excluding carboxylic acids is 1. The first-order chi connectivity index (χ1) is 7.15. The molecule has 1 rings (SSSR count). The average molecular weight is 240 g/mol. The van der Waals surface area contributed by atoms with Gasteiger partial charge in [0, 0.05) is 0 Å². The van der Waals surface area contributed by atoms with E-state index in [0.717, 1.165) is 0 Å². The molecule has 2 N–H and O–H groups in total. The van der Waals surface area contributed by atoms with E-state index in [0.29, 0.717) is 11.3 Å². The van der Waals surface area contributed by atoms with E-state index in [1.807, 2.05) is 6.92 Å². The van der Waals surface area contributed by atoms with Gasteiger partial charge >= 0.3 is 0 Å². The van der Waals surface area contributed by atoms with Crippen LogP contribution in [0.4, 0.5) is 0 Å². The Morgan fingerprint density at radius 1 is 1.44 bits per heavy atom. The SMILES string of the molecule is CC#CC(C)Oc1ccccc1C(N)=O.Cl. The van der Waals surface area contributed by atoms with Crippen molar-refractivity contribution < 1.29 is 9.53 Å². The monoisotopic (exact) mass is 239 g/mol. The van der Waals surface area contributed by atoms with Gasteiger partial charge in [-0.15, -0.1) is 18.3 Å². The maximum Gasteiger partial charge on any atom is 0.252 e. The quantitative estimate of drug-likeness (QED) is 0.821. The van der Waals surface area contributed by atoms with Crippen LogP contribution >= 0.6 is 12.4 Å². The van der Waals surface area contributed by atoms with Crippen molar-refractivity contribution in [3.05, 3.63) is 29.8 Å². The van der Waals surface area contributed by atoms with E-state index in [1.165, 1.54) is 0 Å². The highest BCUT2D eigenvalue weighted by molar-refractivity contribution is 5.95. The summed E-state index contributed by atoms with van der Waals surface area (Å²) in [4.78, 5) is 11.1. The van der Waals surface area contributed by atoms with E-state index in [-0.39, 0.29) is 18.5 Å². The molecule has 1 atom stereocenters. The van der Waals surface area contributed by atoms with Crippen LogP contribution in [0, 0.1) is 11.8 Å². The fourth-order valence-electron chi connectivity index (χ4n) is 1.20. The first kappa shape index (κ1) is 14.3. The van der Waals surface area contributed by atoms with Gasteiger partial charge in [0.25, 0.3) is 5.91 Å². The summed E-state index contributed by atoms with van der Waals surface area (Å²) in [6, 6.07) is 6.86. The molecule has 0 aliphatic heterocycles. The van der Waals surface area contributed by atoms with Crippen LogP contribution in [0.2, 0.25) is 0 Å². The van der Waals surface area contributed by atoms with Crippen LogP contribution in [-0.4, -0.2) is 12.0 Å². The van der Waals surface area contributed by atoms with Gasteiger partial charge in [0.1, 0.15) is 5.75 Å². The standard InChI is InChI=1S/C12H13NO2.ClH/c1-3-6-9(2)15-11-8-5-4-7-10(11)12(13)14;/h4-5,7-9H,1-2H3,(H2,13,14);1H. The number of primary amides is 1. The van der Waals surface area contributed by atoms with Crippen LogP contribution < -0.4 is 10.5 Å². The molecule has 3 nitrogen and oxygen atoms in total. The number of halogens is 1. The number of amides is 1. The van der Waals surface area contributed by atoms with Gasteiger partial charge in [-0.3, -0.25) is 4.79 Å². The minimum absolute atomic E-state index is 0. The number of hydrogen-bond donors (Lipinski definition) is 1. The molecule has 1 amide bonds. The smallest absolute Gasteiger partial charge is 0.252 e. The van der Waals surface area contributed by atoms with E-state index < -0.39 is 5.91 Å². The summed E-state index contributed by atoms with van der Waals surface area (Å²) in [5.74, 6) is 5.56. The molecule has 1 aromatic rings. The molecular weight excluding hydrogens is 226 g/mol. The molecule has 0 aliphatic rings. The van der Waals surface area contributed by atoms with Crippen molar-refractivity contribution >= 4 is 18.3 Å². The number of benzene rings is 1. The third-order valence-corrected chi connectivity index (χ3v) is 1.80. The van der Waals surface area contributed by atoms with Crippen LogP contribution in [0.3, 0.4) is 0 Å². The lowest BCUT2D eigenvalue weighted by Crippen LogP contribution is -2.16. The van der Waals surface area contributed by atoms with Crippen molar-refractivity contribution in [1.29, 1.82) is 0 Å². The first-order valence-electron chi connectivity index (χ1n) is 4.63. The van der Waals surface area contributed by atoms with Crippen molar-refractivity contribution in [3.63, 3.8) is 0 Å². The molecule has 0 heterocycles. The molecule has 0 aliphatic carbocycles. The van der Waals surface area contributed by atoms with E-state index in [1.54, 1.807) is 31.2 Å². The van der Waals surface area contributed by atoms with Crippen LogP contribution in [0.1, 0.15) is 24.2 Å². The van der Waals surface area contributed by atoms with E-state index >= 15 is 0 Å². The number of ether oxygens (including phenoxy) is 1. The van der Waals surface area contributed by atoms with Gasteiger partial charge in [-0.1, -0.05) is 18.1 Å². The van der Waals surface area contributed by atoms with Crippen molar-refractivity contribution in [2.24, 2.45) is 5.73 Å². The highest BCUT2D eigenvalue weighted by Crippen LogP contribution is 2.18. The second-order valence-corrected chi connectivity index (χ2v) is 3.01. The molecular formula is C12H14ClNO2. The number of carbonyl (C=O) groups is 1. The molecule has 0 fully saturated rings. The molecule has 16 heavy (non-hydrogen) atoms. The Morgan fingerprint density at radius 3 is 2.62 bits per heavy atom. The van der Waals surface area contributed by atoms with Gasteiger partial charge in [-0.25, -0.2) is 0 Å². The van der Waals surface area contributed by atoms with Gasteiger partial charge in [-0.05, 0) is 26.0 Å². The Bertz CT molecular complexity index is 421. The fraction of sp³-hybridized carbons (Fsp3) is 0.250. The largest absolute Gasteiger partial charge is 0.477 e. The zero-order valence-electron chi connectivity index (χ0n) is 9.19. The van der Waals surface area contributed by atoms with Crippen LogP contribution in [0.5, 0.6) is 5.75 Å². The molecule has 0 saturated carbocycles. The summed E-state index contributed by atoms with van der Waals surface area (Å²) in [7, 11) is 0. The Morgan fingerprint density at radius 2 is 2.06 bits per heavy atom. The Labute approximate surface area is 101 Å². The summed E-state index contributed by atoms with van der Waals surface area (Å²) >= 11 is 0. The molecule has 0 aromatic heterocycles. The van der Waals surface area contributed by atoms with Gasteiger partial charge in [-0.2, -0.15) is 0 Å². The molecule has 1 unspecified atom stereocenters. The lowest BCUT2D eigenvalue weighted by Gasteiger charge is -2.11. The minimum Gasteiger partial charge on any atom is -0.477 e. The van der Waals surface area contributed by atoms with Crippen LogP contribution in [0.15, 0.2) is 24.3 Å². The molecule has 86 valence electrons. The van der Waals surface area contributed by atoms with E-state index in [9.17, 15) is 4.79 Å². The highest BCUT2D eigenvalue weighted by Gasteiger charge is 2.09. The van der Waals surface area contributed by atoms with Gasteiger partial charge in [0.15, 0.2) is 6.10 Å². The van der Waals surface area contributed by atoms with Crippen molar-refractivity contribution in [3.8, 4) is 17.6 Å². The number of rotatable bonds is 3. The normalized spacial score (nSPS) is 10.4. The van der Waals surface area contributed by atoms with Crippen molar-refractivity contribution in [2.75, 3.05) is 0 Å². The number of para-hydroxylation sites is 1. The maximum atomic E-state index is 11.1. The number of hydrogen-bond acceptors (Lipinski definition) is 2. The molecule has 4 heteroatoms. The topological polar surface area (TPSA) is 52.3 Å². The van der Waals surface area contributed by atoms with Crippen molar-refractivity contribution in [1.82, 2.24) is 0 Å². The zero-order chi connectivity index (χ0) is 11.3. The lowest BCUT2D eigenvalue weighted by atomic mass is 10.2. The number of nitrogens with two attached hydrogens (primary N) is 1. The predicted octanol–water partition coefficient (Wildman–Crippen LogP) is 2.00. The maximum absolute atomic E-state index is 11.1.